The molecule has 0 aliphatic carbocycles. The highest BCUT2D eigenvalue weighted by Crippen LogP contribution is 2.11. The Balaban J connectivity index is 1.53. The van der Waals surface area contributed by atoms with Gasteiger partial charge in [0, 0.05) is 31.5 Å². The van der Waals surface area contributed by atoms with Gasteiger partial charge in [-0.15, -0.1) is 0 Å². The van der Waals surface area contributed by atoms with E-state index in [1.807, 2.05) is 42.5 Å². The van der Waals surface area contributed by atoms with Crippen molar-refractivity contribution in [2.45, 2.75) is 20.0 Å². The van der Waals surface area contributed by atoms with E-state index in [4.69, 9.17) is 12.2 Å². The summed E-state index contributed by atoms with van der Waals surface area (Å²) in [6.45, 7) is 3.48. The van der Waals surface area contributed by atoms with Crippen LogP contribution in [0.4, 0.5) is 5.69 Å². The van der Waals surface area contributed by atoms with E-state index in [1.165, 1.54) is 11.1 Å². The molecule has 0 aliphatic rings. The summed E-state index contributed by atoms with van der Waals surface area (Å²) < 4.78 is 3.66. The molecule has 0 aliphatic heterocycles. The molecule has 2 heterocycles. The lowest BCUT2D eigenvalue weighted by atomic mass is 10.1. The molecule has 0 radical (unpaired) electrons. The molecule has 0 saturated heterocycles. The Morgan fingerprint density at radius 3 is 2.75 bits per heavy atom. The van der Waals surface area contributed by atoms with E-state index in [0.29, 0.717) is 11.7 Å². The minimum atomic E-state index is 0.564. The van der Waals surface area contributed by atoms with Gasteiger partial charge in [-0.05, 0) is 30.3 Å². The Morgan fingerprint density at radius 1 is 1.17 bits per heavy atom. The molecule has 7 heteroatoms. The van der Waals surface area contributed by atoms with Crippen LogP contribution in [0.25, 0.3) is 0 Å². The average molecular weight is 340 g/mol. The number of aryl methyl sites for hydroxylation is 2. The normalized spacial score (nSPS) is 10.6. The maximum Gasteiger partial charge on any atom is 0.171 e. The fourth-order valence-electron chi connectivity index (χ4n) is 2.40. The van der Waals surface area contributed by atoms with Crippen LogP contribution in [-0.4, -0.2) is 24.7 Å². The first-order valence-corrected chi connectivity index (χ1v) is 8.10. The number of aromatic nitrogens is 4. The predicted molar refractivity (Wildman–Crippen MR) is 98.8 cm³/mol. The Kier molecular flexibility index (Phi) is 4.90. The van der Waals surface area contributed by atoms with Crippen molar-refractivity contribution >= 4 is 23.0 Å². The van der Waals surface area contributed by atoms with Crippen molar-refractivity contribution in [3.63, 3.8) is 0 Å². The lowest BCUT2D eigenvalue weighted by molar-refractivity contribution is 0.684. The largest absolute Gasteiger partial charge is 0.358 e. The van der Waals surface area contributed by atoms with Gasteiger partial charge in [-0.25, -0.2) is 0 Å². The van der Waals surface area contributed by atoms with Gasteiger partial charge in [-0.3, -0.25) is 9.36 Å². The first-order chi connectivity index (χ1) is 11.6. The van der Waals surface area contributed by atoms with Crippen molar-refractivity contribution < 1.29 is 0 Å². The highest BCUT2D eigenvalue weighted by Gasteiger charge is 2.04. The van der Waals surface area contributed by atoms with Gasteiger partial charge in [0.2, 0.25) is 0 Å². The number of rotatable bonds is 5. The molecule has 0 amide bonds. The van der Waals surface area contributed by atoms with Crippen LogP contribution in [-0.2, 0) is 20.1 Å². The zero-order valence-corrected chi connectivity index (χ0v) is 14.5. The summed E-state index contributed by atoms with van der Waals surface area (Å²) in [4.78, 5) is 0. The fourth-order valence-corrected chi connectivity index (χ4v) is 2.59. The molecule has 0 fully saturated rings. The van der Waals surface area contributed by atoms with E-state index in [9.17, 15) is 0 Å². The first kappa shape index (κ1) is 16.2. The van der Waals surface area contributed by atoms with Gasteiger partial charge < -0.3 is 10.6 Å². The molecule has 3 rings (SSSR count). The molecule has 2 aromatic heterocycles. The van der Waals surface area contributed by atoms with Gasteiger partial charge in [-0.2, -0.15) is 10.2 Å². The summed E-state index contributed by atoms with van der Waals surface area (Å²) in [7, 11) is 1.89. The molecule has 1 aromatic carbocycles. The summed E-state index contributed by atoms with van der Waals surface area (Å²) in [5.41, 5.74) is 4.46. The SMILES string of the molecule is Cc1ccccc1Cn1cc(NC(=S)NCc2cnn(C)c2)cn1. The predicted octanol–water partition coefficient (Wildman–Crippen LogP) is 2.46. The number of nitrogens with zero attached hydrogens (tertiary/aromatic N) is 4. The summed E-state index contributed by atoms with van der Waals surface area (Å²) >= 11 is 5.32. The van der Waals surface area contributed by atoms with E-state index in [-0.39, 0.29) is 0 Å². The van der Waals surface area contributed by atoms with Crippen LogP contribution < -0.4 is 10.6 Å². The molecule has 2 N–H and O–H groups in total. The molecular weight excluding hydrogens is 320 g/mol. The van der Waals surface area contributed by atoms with Gasteiger partial charge >= 0.3 is 0 Å². The maximum atomic E-state index is 5.32. The second kappa shape index (κ2) is 7.27. The number of benzene rings is 1. The molecule has 0 saturated carbocycles. The van der Waals surface area contributed by atoms with Crippen LogP contribution in [0.15, 0.2) is 49.1 Å². The molecule has 124 valence electrons. The summed E-state index contributed by atoms with van der Waals surface area (Å²) in [6.07, 6.45) is 7.49. The van der Waals surface area contributed by atoms with E-state index in [1.54, 1.807) is 10.9 Å². The molecule has 0 bridgehead atoms. The topological polar surface area (TPSA) is 59.7 Å². The second-order valence-corrected chi connectivity index (χ2v) is 6.09. The van der Waals surface area contributed by atoms with Crippen molar-refractivity contribution in [2.24, 2.45) is 7.05 Å². The third-order valence-corrected chi connectivity index (χ3v) is 3.94. The number of thiocarbonyl (C=S) groups is 1. The summed E-state index contributed by atoms with van der Waals surface area (Å²) in [5, 5.41) is 15.4. The summed E-state index contributed by atoms with van der Waals surface area (Å²) in [5.74, 6) is 0. The molecule has 0 atom stereocenters. The van der Waals surface area contributed by atoms with Gasteiger partial charge in [0.1, 0.15) is 0 Å². The first-order valence-electron chi connectivity index (χ1n) is 7.69. The van der Waals surface area contributed by atoms with Crippen molar-refractivity contribution in [3.8, 4) is 0 Å². The minimum absolute atomic E-state index is 0.564. The van der Waals surface area contributed by atoms with E-state index in [2.05, 4.69) is 39.9 Å². The van der Waals surface area contributed by atoms with Gasteiger partial charge in [0.25, 0.3) is 0 Å². The lowest BCUT2D eigenvalue weighted by Gasteiger charge is -2.08. The maximum absolute atomic E-state index is 5.32. The smallest absolute Gasteiger partial charge is 0.171 e. The highest BCUT2D eigenvalue weighted by molar-refractivity contribution is 7.80. The minimum Gasteiger partial charge on any atom is -0.358 e. The third-order valence-electron chi connectivity index (χ3n) is 3.70. The molecule has 0 spiro atoms. The average Bonchev–Trinajstić information content (AvgIpc) is 3.17. The number of hydrogen-bond donors (Lipinski definition) is 2. The number of hydrogen-bond acceptors (Lipinski definition) is 3. The Bertz CT molecular complexity index is 835. The number of nitrogens with one attached hydrogen (secondary N) is 2. The Labute approximate surface area is 146 Å². The van der Waals surface area contributed by atoms with Gasteiger partial charge in [-0.1, -0.05) is 24.3 Å². The lowest BCUT2D eigenvalue weighted by Crippen LogP contribution is -2.27. The quantitative estimate of drug-likeness (QED) is 0.699. The molecule has 6 nitrogen and oxygen atoms in total. The molecular formula is C17H20N6S. The fraction of sp³-hybridized carbons (Fsp3) is 0.235. The van der Waals surface area contributed by atoms with Crippen LogP contribution in [0.3, 0.4) is 0 Å². The van der Waals surface area contributed by atoms with E-state index in [0.717, 1.165) is 17.8 Å². The second-order valence-electron chi connectivity index (χ2n) is 5.68. The monoisotopic (exact) mass is 340 g/mol. The number of anilines is 1. The zero-order chi connectivity index (χ0) is 16.9. The zero-order valence-electron chi connectivity index (χ0n) is 13.7. The molecule has 3 aromatic rings. The van der Waals surface area contributed by atoms with Crippen molar-refractivity contribution in [1.29, 1.82) is 0 Å². The van der Waals surface area contributed by atoms with Crippen LogP contribution >= 0.6 is 12.2 Å². The van der Waals surface area contributed by atoms with Crippen molar-refractivity contribution in [2.75, 3.05) is 5.32 Å². The Hall–Kier alpha value is -2.67. The highest BCUT2D eigenvalue weighted by atomic mass is 32.1. The molecule has 24 heavy (non-hydrogen) atoms. The Morgan fingerprint density at radius 2 is 2.00 bits per heavy atom. The third kappa shape index (κ3) is 4.20. The van der Waals surface area contributed by atoms with Crippen molar-refractivity contribution in [3.05, 3.63) is 65.7 Å². The van der Waals surface area contributed by atoms with Gasteiger partial charge in [0.15, 0.2) is 5.11 Å². The van der Waals surface area contributed by atoms with Crippen LogP contribution in [0.1, 0.15) is 16.7 Å². The summed E-state index contributed by atoms with van der Waals surface area (Å²) in [6, 6.07) is 8.31. The molecule has 0 unspecified atom stereocenters. The van der Waals surface area contributed by atoms with Crippen molar-refractivity contribution in [1.82, 2.24) is 24.9 Å². The van der Waals surface area contributed by atoms with E-state index >= 15 is 0 Å². The van der Waals surface area contributed by atoms with Gasteiger partial charge in [0.05, 0.1) is 24.6 Å². The standard InChI is InChI=1S/C17H20N6S/c1-13-5-3-4-6-15(13)11-23-12-16(9-20-23)21-17(24)18-7-14-8-19-22(2)10-14/h3-6,8-10,12H,7,11H2,1-2H3,(H2,18,21,24). The van der Waals surface area contributed by atoms with Crippen LogP contribution in [0, 0.1) is 6.92 Å². The van der Waals surface area contributed by atoms with Crippen LogP contribution in [0.5, 0.6) is 0 Å². The van der Waals surface area contributed by atoms with Crippen LogP contribution in [0.2, 0.25) is 0 Å². The van der Waals surface area contributed by atoms with E-state index < -0.39 is 0 Å².